The minimum absolute atomic E-state index is 0.170. The van der Waals surface area contributed by atoms with Gasteiger partial charge in [0.25, 0.3) is 0 Å². The van der Waals surface area contributed by atoms with Gasteiger partial charge in [-0.3, -0.25) is 4.79 Å². The summed E-state index contributed by atoms with van der Waals surface area (Å²) in [6.45, 7) is 2.05. The van der Waals surface area contributed by atoms with Crippen LogP contribution in [0.3, 0.4) is 0 Å². The third kappa shape index (κ3) is 3.19. The zero-order valence-corrected chi connectivity index (χ0v) is 13.1. The molecule has 0 aliphatic heterocycles. The Labute approximate surface area is 132 Å². The normalized spacial score (nSPS) is 14.7. The second kappa shape index (κ2) is 6.74. The van der Waals surface area contributed by atoms with Gasteiger partial charge in [-0.2, -0.15) is 0 Å². The van der Waals surface area contributed by atoms with Crippen molar-refractivity contribution in [1.82, 2.24) is 0 Å². The maximum atomic E-state index is 13.1. The Morgan fingerprint density at radius 2 is 1.41 bits per heavy atom. The highest BCUT2D eigenvalue weighted by atomic mass is 16.1. The van der Waals surface area contributed by atoms with Crippen LogP contribution in [-0.2, 0) is 0 Å². The molecule has 1 heteroatoms. The molecule has 0 atom stereocenters. The van der Waals surface area contributed by atoms with Gasteiger partial charge in [0, 0.05) is 11.1 Å². The van der Waals surface area contributed by atoms with Crippen LogP contribution in [0.15, 0.2) is 60.2 Å². The fourth-order valence-corrected chi connectivity index (χ4v) is 3.18. The molecule has 0 aromatic heterocycles. The summed E-state index contributed by atoms with van der Waals surface area (Å²) in [5, 5.41) is 0. The molecule has 1 fully saturated rings. The molecular weight excluding hydrogens is 268 g/mol. The molecule has 1 aliphatic rings. The number of ketones is 1. The average molecular weight is 290 g/mol. The monoisotopic (exact) mass is 290 g/mol. The Morgan fingerprint density at radius 3 is 2.05 bits per heavy atom. The van der Waals surface area contributed by atoms with Crippen LogP contribution in [0.1, 0.15) is 53.6 Å². The van der Waals surface area contributed by atoms with Crippen molar-refractivity contribution in [3.8, 4) is 0 Å². The summed E-state index contributed by atoms with van der Waals surface area (Å²) in [4.78, 5) is 13.1. The van der Waals surface area contributed by atoms with Gasteiger partial charge < -0.3 is 0 Å². The Bertz CT molecular complexity index is 670. The van der Waals surface area contributed by atoms with Crippen molar-refractivity contribution in [2.24, 2.45) is 0 Å². The lowest BCUT2D eigenvalue weighted by Gasteiger charge is -2.19. The molecule has 0 bridgehead atoms. The van der Waals surface area contributed by atoms with Crippen LogP contribution in [0, 0.1) is 6.92 Å². The topological polar surface area (TPSA) is 17.1 Å². The summed E-state index contributed by atoms with van der Waals surface area (Å²) < 4.78 is 0. The van der Waals surface area contributed by atoms with Gasteiger partial charge in [-0.05, 0) is 38.2 Å². The van der Waals surface area contributed by atoms with Gasteiger partial charge in [-0.1, -0.05) is 72.2 Å². The Morgan fingerprint density at radius 1 is 0.773 bits per heavy atom. The van der Waals surface area contributed by atoms with Crippen LogP contribution in [0.4, 0.5) is 0 Å². The van der Waals surface area contributed by atoms with E-state index in [-0.39, 0.29) is 5.78 Å². The molecule has 0 heterocycles. The number of aryl methyl sites for hydroxylation is 1. The maximum absolute atomic E-state index is 13.1. The van der Waals surface area contributed by atoms with Gasteiger partial charge in [0.15, 0.2) is 5.78 Å². The predicted octanol–water partition coefficient (Wildman–Crippen LogP) is 5.60. The van der Waals surface area contributed by atoms with Crippen molar-refractivity contribution in [3.63, 3.8) is 0 Å². The molecule has 1 saturated carbocycles. The highest BCUT2D eigenvalue weighted by Crippen LogP contribution is 2.32. The number of rotatable bonds is 3. The van der Waals surface area contributed by atoms with E-state index < -0.39 is 0 Å². The number of hydrogen-bond donors (Lipinski definition) is 0. The maximum Gasteiger partial charge on any atom is 0.193 e. The number of hydrogen-bond acceptors (Lipinski definition) is 1. The average Bonchev–Trinajstić information content (AvgIpc) is 2.57. The number of carbonyl (C=O) groups is 1. The third-order valence-corrected chi connectivity index (χ3v) is 4.41. The summed E-state index contributed by atoms with van der Waals surface area (Å²) in [6.07, 6.45) is 5.80. The SMILES string of the molecule is Cc1ccc(C(=O)C(=C2CCCCC2)c2ccccc2)cc1. The van der Waals surface area contributed by atoms with Gasteiger partial charge in [0.2, 0.25) is 0 Å². The summed E-state index contributed by atoms with van der Waals surface area (Å²) >= 11 is 0. The minimum Gasteiger partial charge on any atom is -0.289 e. The lowest BCUT2D eigenvalue weighted by atomic mass is 9.85. The molecule has 2 aromatic rings. The molecule has 0 N–H and O–H groups in total. The van der Waals surface area contributed by atoms with E-state index in [9.17, 15) is 4.79 Å². The first-order valence-electron chi connectivity index (χ1n) is 8.14. The molecule has 1 nitrogen and oxygen atoms in total. The molecule has 0 spiro atoms. The fourth-order valence-electron chi connectivity index (χ4n) is 3.18. The van der Waals surface area contributed by atoms with E-state index in [1.54, 1.807) is 0 Å². The van der Waals surface area contributed by atoms with Crippen molar-refractivity contribution in [2.75, 3.05) is 0 Å². The van der Waals surface area contributed by atoms with E-state index in [2.05, 4.69) is 12.1 Å². The van der Waals surface area contributed by atoms with E-state index in [0.29, 0.717) is 0 Å². The van der Waals surface area contributed by atoms with E-state index in [4.69, 9.17) is 0 Å². The molecule has 1 aliphatic carbocycles. The van der Waals surface area contributed by atoms with E-state index >= 15 is 0 Å². The smallest absolute Gasteiger partial charge is 0.193 e. The van der Waals surface area contributed by atoms with Gasteiger partial charge in [-0.15, -0.1) is 0 Å². The molecule has 0 amide bonds. The van der Waals surface area contributed by atoms with Crippen molar-refractivity contribution >= 4 is 11.4 Å². The minimum atomic E-state index is 0.170. The fraction of sp³-hybridized carbons (Fsp3) is 0.286. The molecule has 2 aromatic carbocycles. The zero-order chi connectivity index (χ0) is 15.4. The van der Waals surface area contributed by atoms with Gasteiger partial charge in [0.05, 0.1) is 0 Å². The molecule has 0 unspecified atom stereocenters. The first-order valence-corrected chi connectivity index (χ1v) is 8.14. The first kappa shape index (κ1) is 14.8. The third-order valence-electron chi connectivity index (χ3n) is 4.41. The lowest BCUT2D eigenvalue weighted by Crippen LogP contribution is -2.08. The lowest BCUT2D eigenvalue weighted by molar-refractivity contribution is 0.105. The quantitative estimate of drug-likeness (QED) is 0.531. The number of carbonyl (C=O) groups excluding carboxylic acids is 1. The number of allylic oxidation sites excluding steroid dienone is 2. The second-order valence-corrected chi connectivity index (χ2v) is 6.10. The van der Waals surface area contributed by atoms with E-state index in [0.717, 1.165) is 29.5 Å². The second-order valence-electron chi connectivity index (χ2n) is 6.10. The summed E-state index contributed by atoms with van der Waals surface area (Å²) in [5.74, 6) is 0.170. The van der Waals surface area contributed by atoms with Gasteiger partial charge in [0.1, 0.15) is 0 Å². The van der Waals surface area contributed by atoms with Crippen LogP contribution in [0.25, 0.3) is 5.57 Å². The van der Waals surface area contributed by atoms with Crippen molar-refractivity contribution in [2.45, 2.75) is 39.0 Å². The summed E-state index contributed by atoms with van der Waals surface area (Å²) in [5.41, 5.74) is 5.31. The molecule has 112 valence electrons. The van der Waals surface area contributed by atoms with Crippen LogP contribution in [0.2, 0.25) is 0 Å². The first-order chi connectivity index (χ1) is 10.8. The molecule has 0 saturated heterocycles. The molecular formula is C21H22O. The van der Waals surface area contributed by atoms with Crippen molar-refractivity contribution in [1.29, 1.82) is 0 Å². The standard InChI is InChI=1S/C21H22O/c1-16-12-14-19(15-13-16)21(22)20(17-8-4-2-5-9-17)18-10-6-3-7-11-18/h2,4-5,8-9,12-15H,3,6-7,10-11H2,1H3. The van der Waals surface area contributed by atoms with Gasteiger partial charge in [-0.25, -0.2) is 0 Å². The number of Topliss-reactive ketones (excluding diaryl/α,β-unsaturated/α-hetero) is 1. The Kier molecular flexibility index (Phi) is 4.53. The largest absolute Gasteiger partial charge is 0.289 e. The highest BCUT2D eigenvalue weighted by Gasteiger charge is 2.20. The van der Waals surface area contributed by atoms with Crippen LogP contribution < -0.4 is 0 Å². The molecule has 0 radical (unpaired) electrons. The Balaban J connectivity index is 2.05. The Hall–Kier alpha value is -2.15. The highest BCUT2D eigenvalue weighted by molar-refractivity contribution is 6.29. The predicted molar refractivity (Wildman–Crippen MR) is 92.0 cm³/mol. The van der Waals surface area contributed by atoms with E-state index in [1.807, 2.05) is 49.4 Å². The zero-order valence-electron chi connectivity index (χ0n) is 13.1. The van der Waals surface area contributed by atoms with Crippen LogP contribution >= 0.6 is 0 Å². The summed E-state index contributed by atoms with van der Waals surface area (Å²) in [6, 6.07) is 18.1. The van der Waals surface area contributed by atoms with Crippen LogP contribution in [0.5, 0.6) is 0 Å². The number of benzene rings is 2. The van der Waals surface area contributed by atoms with Crippen molar-refractivity contribution in [3.05, 3.63) is 76.9 Å². The van der Waals surface area contributed by atoms with Crippen molar-refractivity contribution < 1.29 is 4.79 Å². The molecule has 22 heavy (non-hydrogen) atoms. The summed E-state index contributed by atoms with van der Waals surface area (Å²) in [7, 11) is 0. The van der Waals surface area contributed by atoms with E-state index in [1.165, 1.54) is 30.4 Å². The van der Waals surface area contributed by atoms with Crippen LogP contribution in [-0.4, -0.2) is 5.78 Å². The molecule has 3 rings (SSSR count). The van der Waals surface area contributed by atoms with Gasteiger partial charge >= 0.3 is 0 Å².